The SMILES string of the molecule is CN1CCC(Oc2ccc(C(=N)c3cc(C(=O)NCC(c4ccccc4)C4CCCC4)ccc3N)cc2)CC1. The lowest BCUT2D eigenvalue weighted by atomic mass is 9.84. The Morgan fingerprint density at radius 2 is 1.64 bits per heavy atom. The molecule has 3 aromatic carbocycles. The summed E-state index contributed by atoms with van der Waals surface area (Å²) < 4.78 is 6.16. The molecule has 1 heterocycles. The van der Waals surface area contributed by atoms with E-state index in [0.717, 1.165) is 37.2 Å². The summed E-state index contributed by atoms with van der Waals surface area (Å²) in [6, 6.07) is 23.4. The number of anilines is 1. The first-order valence-corrected chi connectivity index (χ1v) is 14.2. The van der Waals surface area contributed by atoms with Crippen molar-refractivity contribution >= 4 is 17.3 Å². The predicted octanol–water partition coefficient (Wildman–Crippen LogP) is 5.86. The maximum atomic E-state index is 13.2. The lowest BCUT2D eigenvalue weighted by molar-refractivity contribution is 0.0948. The van der Waals surface area contributed by atoms with Crippen LogP contribution < -0.4 is 15.8 Å². The minimum absolute atomic E-state index is 0.134. The third-order valence-corrected chi connectivity index (χ3v) is 8.38. The molecule has 4 N–H and O–H groups in total. The Labute approximate surface area is 232 Å². The lowest BCUT2D eigenvalue weighted by Gasteiger charge is -2.29. The number of carbonyl (C=O) groups excluding carboxylic acids is 1. The highest BCUT2D eigenvalue weighted by molar-refractivity contribution is 6.14. The van der Waals surface area contributed by atoms with Crippen molar-refractivity contribution in [2.75, 3.05) is 32.4 Å². The van der Waals surface area contributed by atoms with Gasteiger partial charge in [-0.3, -0.25) is 10.2 Å². The van der Waals surface area contributed by atoms with Crippen molar-refractivity contribution in [3.63, 3.8) is 0 Å². The van der Waals surface area contributed by atoms with Crippen LogP contribution in [0.25, 0.3) is 0 Å². The smallest absolute Gasteiger partial charge is 0.251 e. The number of ether oxygens (including phenoxy) is 1. The van der Waals surface area contributed by atoms with E-state index >= 15 is 0 Å². The minimum atomic E-state index is -0.134. The first kappa shape index (κ1) is 26.9. The number of nitrogens with one attached hydrogen (secondary N) is 2. The van der Waals surface area contributed by atoms with Gasteiger partial charge in [-0.2, -0.15) is 0 Å². The van der Waals surface area contributed by atoms with Gasteiger partial charge in [0.2, 0.25) is 0 Å². The van der Waals surface area contributed by atoms with E-state index in [-0.39, 0.29) is 12.0 Å². The van der Waals surface area contributed by atoms with Crippen molar-refractivity contribution in [1.29, 1.82) is 5.41 Å². The third kappa shape index (κ3) is 6.69. The molecule has 2 aliphatic rings. The zero-order valence-corrected chi connectivity index (χ0v) is 22.9. The molecular weight excluding hydrogens is 484 g/mol. The Morgan fingerprint density at radius 1 is 0.974 bits per heavy atom. The maximum Gasteiger partial charge on any atom is 0.251 e. The van der Waals surface area contributed by atoms with Crippen LogP contribution in [-0.4, -0.2) is 49.3 Å². The first-order valence-electron chi connectivity index (χ1n) is 14.2. The molecule has 5 rings (SSSR count). The van der Waals surface area contributed by atoms with Gasteiger partial charge in [0, 0.05) is 47.9 Å². The molecule has 204 valence electrons. The van der Waals surface area contributed by atoms with Crippen LogP contribution in [0.2, 0.25) is 0 Å². The van der Waals surface area contributed by atoms with Crippen LogP contribution in [0.15, 0.2) is 72.8 Å². The number of nitrogens with two attached hydrogens (primary N) is 1. The van der Waals surface area contributed by atoms with E-state index < -0.39 is 0 Å². The fourth-order valence-corrected chi connectivity index (χ4v) is 5.99. The lowest BCUT2D eigenvalue weighted by Crippen LogP contribution is -2.35. The number of nitrogens with zero attached hydrogens (tertiary/aromatic N) is 1. The summed E-state index contributed by atoms with van der Waals surface area (Å²) in [6.45, 7) is 2.69. The normalized spacial score (nSPS) is 17.6. The molecule has 1 aliphatic carbocycles. The molecule has 0 aromatic heterocycles. The molecule has 1 saturated carbocycles. The molecule has 6 heteroatoms. The Kier molecular flexibility index (Phi) is 8.62. The van der Waals surface area contributed by atoms with Crippen LogP contribution in [0.3, 0.4) is 0 Å². The van der Waals surface area contributed by atoms with Crippen molar-refractivity contribution in [2.24, 2.45) is 5.92 Å². The van der Waals surface area contributed by atoms with Gasteiger partial charge in [0.25, 0.3) is 5.91 Å². The van der Waals surface area contributed by atoms with Crippen molar-refractivity contribution in [2.45, 2.75) is 50.5 Å². The number of benzene rings is 3. The number of hydrogen-bond donors (Lipinski definition) is 3. The van der Waals surface area contributed by atoms with Gasteiger partial charge in [0.15, 0.2) is 0 Å². The Balaban J connectivity index is 1.25. The van der Waals surface area contributed by atoms with Gasteiger partial charge < -0.3 is 20.7 Å². The highest BCUT2D eigenvalue weighted by Gasteiger charge is 2.27. The van der Waals surface area contributed by atoms with E-state index in [1.54, 1.807) is 18.2 Å². The number of piperidine rings is 1. The number of amides is 1. The van der Waals surface area contributed by atoms with Crippen LogP contribution in [0.1, 0.15) is 71.5 Å². The van der Waals surface area contributed by atoms with E-state index in [0.29, 0.717) is 40.9 Å². The van der Waals surface area contributed by atoms with E-state index in [9.17, 15) is 4.79 Å². The van der Waals surface area contributed by atoms with Crippen molar-refractivity contribution in [1.82, 2.24) is 10.2 Å². The number of nitrogen functional groups attached to an aromatic ring is 1. The largest absolute Gasteiger partial charge is 0.490 e. The van der Waals surface area contributed by atoms with E-state index in [1.165, 1.54) is 31.2 Å². The van der Waals surface area contributed by atoms with Gasteiger partial charge in [-0.15, -0.1) is 0 Å². The van der Waals surface area contributed by atoms with Crippen molar-refractivity contribution in [3.05, 3.63) is 95.1 Å². The molecule has 0 radical (unpaired) electrons. The van der Waals surface area contributed by atoms with Gasteiger partial charge in [0.05, 0.1) is 5.71 Å². The minimum Gasteiger partial charge on any atom is -0.490 e. The van der Waals surface area contributed by atoms with Gasteiger partial charge >= 0.3 is 0 Å². The highest BCUT2D eigenvalue weighted by atomic mass is 16.5. The highest BCUT2D eigenvalue weighted by Crippen LogP contribution is 2.37. The van der Waals surface area contributed by atoms with Gasteiger partial charge in [-0.05, 0) is 86.7 Å². The molecule has 1 saturated heterocycles. The summed E-state index contributed by atoms with van der Waals surface area (Å²) in [7, 11) is 2.14. The van der Waals surface area contributed by atoms with Crippen molar-refractivity contribution in [3.8, 4) is 5.75 Å². The topological polar surface area (TPSA) is 91.4 Å². The molecule has 2 fully saturated rings. The summed E-state index contributed by atoms with van der Waals surface area (Å²) in [5, 5.41) is 12.0. The third-order valence-electron chi connectivity index (χ3n) is 8.38. The van der Waals surface area contributed by atoms with Crippen LogP contribution >= 0.6 is 0 Å². The average Bonchev–Trinajstić information content (AvgIpc) is 3.50. The van der Waals surface area contributed by atoms with Crippen LogP contribution in [-0.2, 0) is 0 Å². The zero-order valence-electron chi connectivity index (χ0n) is 22.9. The van der Waals surface area contributed by atoms with Crippen LogP contribution in [0.5, 0.6) is 5.75 Å². The number of likely N-dealkylation sites (tertiary alicyclic amines) is 1. The summed E-state index contributed by atoms with van der Waals surface area (Å²) in [5.41, 5.74) is 10.1. The zero-order chi connectivity index (χ0) is 27.2. The van der Waals surface area contributed by atoms with E-state index in [1.807, 2.05) is 30.3 Å². The fraction of sp³-hybridized carbons (Fsp3) is 0.394. The number of hydrogen-bond acceptors (Lipinski definition) is 5. The molecule has 1 amide bonds. The van der Waals surface area contributed by atoms with Crippen LogP contribution in [0, 0.1) is 11.3 Å². The second-order valence-corrected chi connectivity index (χ2v) is 11.1. The maximum absolute atomic E-state index is 13.2. The standard InChI is InChI=1S/C33H40N4O2/c1-37-19-17-28(18-20-37)39-27-14-11-25(12-15-27)32(35)29-21-26(13-16-31(29)34)33(38)36-22-30(24-9-5-6-10-24)23-7-3-2-4-8-23/h2-4,7-8,11-16,21,24,28,30,35H,5-6,9-10,17-20,22,34H2,1H3,(H,36,38). The molecule has 1 unspecified atom stereocenters. The monoisotopic (exact) mass is 524 g/mol. The summed E-state index contributed by atoms with van der Waals surface area (Å²) >= 11 is 0. The number of rotatable bonds is 9. The first-order chi connectivity index (χ1) is 19.0. The predicted molar refractivity (Wildman–Crippen MR) is 158 cm³/mol. The Hall–Kier alpha value is -3.64. The van der Waals surface area contributed by atoms with Gasteiger partial charge in [0.1, 0.15) is 11.9 Å². The van der Waals surface area contributed by atoms with Crippen LogP contribution in [0.4, 0.5) is 5.69 Å². The summed E-state index contributed by atoms with van der Waals surface area (Å²) in [5.74, 6) is 1.58. The molecule has 1 atom stereocenters. The molecule has 39 heavy (non-hydrogen) atoms. The molecule has 1 aliphatic heterocycles. The van der Waals surface area contributed by atoms with Gasteiger partial charge in [-0.25, -0.2) is 0 Å². The quantitative estimate of drug-likeness (QED) is 0.241. The Morgan fingerprint density at radius 3 is 2.33 bits per heavy atom. The molecule has 0 spiro atoms. The van der Waals surface area contributed by atoms with E-state index in [2.05, 4.69) is 41.5 Å². The Bertz CT molecular complexity index is 1260. The fourth-order valence-electron chi connectivity index (χ4n) is 5.99. The van der Waals surface area contributed by atoms with E-state index in [4.69, 9.17) is 15.9 Å². The second kappa shape index (κ2) is 12.5. The second-order valence-electron chi connectivity index (χ2n) is 11.1. The summed E-state index contributed by atoms with van der Waals surface area (Å²) in [4.78, 5) is 15.5. The molecule has 3 aromatic rings. The van der Waals surface area contributed by atoms with Crippen molar-refractivity contribution < 1.29 is 9.53 Å². The van der Waals surface area contributed by atoms with Gasteiger partial charge in [-0.1, -0.05) is 43.2 Å². The number of carbonyl (C=O) groups is 1. The molecular formula is C33H40N4O2. The average molecular weight is 525 g/mol. The summed E-state index contributed by atoms with van der Waals surface area (Å²) in [6.07, 6.45) is 7.21. The molecule has 6 nitrogen and oxygen atoms in total. The molecule has 0 bridgehead atoms.